The number of rotatable bonds is 5. The largest absolute Gasteiger partial charge is 0.493 e. The van der Waals surface area contributed by atoms with Gasteiger partial charge in [0.05, 0.1) is 32.5 Å². The molecule has 3 rings (SSSR count). The van der Waals surface area contributed by atoms with Crippen LogP contribution in [0.5, 0.6) is 5.75 Å². The highest BCUT2D eigenvalue weighted by Crippen LogP contribution is 2.26. The zero-order valence-corrected chi connectivity index (χ0v) is 13.3. The number of halogens is 1. The summed E-state index contributed by atoms with van der Waals surface area (Å²) in [7, 11) is 0. The molecule has 2 heterocycles. The van der Waals surface area contributed by atoms with E-state index in [0.29, 0.717) is 12.6 Å². The second-order valence-corrected chi connectivity index (χ2v) is 6.14. The van der Waals surface area contributed by atoms with Gasteiger partial charge >= 0.3 is 0 Å². The van der Waals surface area contributed by atoms with E-state index in [9.17, 15) is 0 Å². The summed E-state index contributed by atoms with van der Waals surface area (Å²) in [6.07, 6.45) is 1.16. The molecule has 2 fully saturated rings. The highest BCUT2D eigenvalue weighted by molar-refractivity contribution is 9.10. The van der Waals surface area contributed by atoms with E-state index in [1.165, 1.54) is 0 Å². The third-order valence-corrected chi connectivity index (χ3v) is 4.79. The molecule has 0 aromatic heterocycles. The van der Waals surface area contributed by atoms with Gasteiger partial charge in [-0.3, -0.25) is 4.90 Å². The van der Waals surface area contributed by atoms with Crippen molar-refractivity contribution in [3.63, 3.8) is 0 Å². The Morgan fingerprint density at radius 1 is 1.35 bits per heavy atom. The lowest BCUT2D eigenvalue weighted by molar-refractivity contribution is -0.0739. The molecule has 2 unspecified atom stereocenters. The molecule has 0 spiro atoms. The second kappa shape index (κ2) is 6.43. The molecule has 0 saturated carbocycles. The summed E-state index contributed by atoms with van der Waals surface area (Å²) in [5.74, 6) is 0.959. The molecule has 0 N–H and O–H groups in total. The number of hydrogen-bond donors (Lipinski definition) is 0. The first kappa shape index (κ1) is 14.3. The molecule has 2 atom stereocenters. The van der Waals surface area contributed by atoms with Crippen LogP contribution in [0, 0.1) is 6.92 Å². The van der Waals surface area contributed by atoms with Gasteiger partial charge in [0, 0.05) is 16.6 Å². The van der Waals surface area contributed by atoms with E-state index in [2.05, 4.69) is 27.8 Å². The van der Waals surface area contributed by atoms with E-state index in [0.717, 1.165) is 48.6 Å². The third-order valence-electron chi connectivity index (χ3n) is 3.93. The lowest BCUT2D eigenvalue weighted by Crippen LogP contribution is -2.47. The summed E-state index contributed by atoms with van der Waals surface area (Å²) in [5, 5.41) is 0. The smallest absolute Gasteiger partial charge is 0.134 e. The molecule has 0 amide bonds. The summed E-state index contributed by atoms with van der Waals surface area (Å²) < 4.78 is 18.1. The van der Waals surface area contributed by atoms with Crippen LogP contribution in [0.2, 0.25) is 0 Å². The predicted octanol–water partition coefficient (Wildman–Crippen LogP) is 2.58. The number of nitrogens with zero attached hydrogens (tertiary/aromatic N) is 1. The fraction of sp³-hybridized carbons (Fsp3) is 0.600. The first-order valence-electron chi connectivity index (χ1n) is 7.08. The Bertz CT molecular complexity index is 452. The van der Waals surface area contributed by atoms with Gasteiger partial charge in [0.15, 0.2) is 0 Å². The Morgan fingerprint density at radius 2 is 2.25 bits per heavy atom. The second-order valence-electron chi connectivity index (χ2n) is 5.28. The van der Waals surface area contributed by atoms with Crippen LogP contribution in [-0.2, 0) is 9.47 Å². The van der Waals surface area contributed by atoms with Gasteiger partial charge in [0.2, 0.25) is 0 Å². The maximum absolute atomic E-state index is 5.87. The van der Waals surface area contributed by atoms with Gasteiger partial charge in [-0.25, -0.2) is 0 Å². The van der Waals surface area contributed by atoms with Gasteiger partial charge in [-0.1, -0.05) is 22.0 Å². The van der Waals surface area contributed by atoms with Crippen LogP contribution < -0.4 is 4.74 Å². The molecule has 0 aliphatic carbocycles. The van der Waals surface area contributed by atoms with Gasteiger partial charge < -0.3 is 14.2 Å². The third kappa shape index (κ3) is 3.01. The summed E-state index contributed by atoms with van der Waals surface area (Å²) in [6, 6.07) is 6.48. The van der Waals surface area contributed by atoms with E-state index in [4.69, 9.17) is 14.2 Å². The normalized spacial score (nSPS) is 25.9. The maximum atomic E-state index is 5.87. The van der Waals surface area contributed by atoms with Crippen molar-refractivity contribution < 1.29 is 14.2 Å². The van der Waals surface area contributed by atoms with Crippen molar-refractivity contribution in [1.29, 1.82) is 0 Å². The summed E-state index contributed by atoms with van der Waals surface area (Å²) >= 11 is 3.52. The van der Waals surface area contributed by atoms with Crippen molar-refractivity contribution in [2.45, 2.75) is 25.6 Å². The van der Waals surface area contributed by atoms with Crippen molar-refractivity contribution in [2.24, 2.45) is 0 Å². The minimum Gasteiger partial charge on any atom is -0.493 e. The van der Waals surface area contributed by atoms with E-state index >= 15 is 0 Å². The van der Waals surface area contributed by atoms with Crippen LogP contribution in [0.25, 0.3) is 0 Å². The topological polar surface area (TPSA) is 30.9 Å². The number of benzene rings is 1. The average Bonchev–Trinajstić information content (AvgIpc) is 2.68. The minimum atomic E-state index is 0.154. The van der Waals surface area contributed by atoms with Crippen molar-refractivity contribution in [3.8, 4) is 5.75 Å². The van der Waals surface area contributed by atoms with E-state index < -0.39 is 0 Å². The summed E-state index contributed by atoms with van der Waals surface area (Å²) in [4.78, 5) is 2.40. The molecule has 1 aromatic rings. The van der Waals surface area contributed by atoms with Gasteiger partial charge in [0.1, 0.15) is 12.0 Å². The van der Waals surface area contributed by atoms with Crippen molar-refractivity contribution in [2.75, 3.05) is 33.0 Å². The summed E-state index contributed by atoms with van der Waals surface area (Å²) in [5.41, 5.74) is 1.15. The van der Waals surface area contributed by atoms with Crippen LogP contribution in [0.4, 0.5) is 0 Å². The molecule has 110 valence electrons. The van der Waals surface area contributed by atoms with Crippen LogP contribution >= 0.6 is 15.9 Å². The van der Waals surface area contributed by atoms with Gasteiger partial charge in [0.25, 0.3) is 0 Å². The van der Waals surface area contributed by atoms with Crippen LogP contribution in [-0.4, -0.2) is 50.1 Å². The Labute approximate surface area is 128 Å². The Morgan fingerprint density at radius 3 is 3.10 bits per heavy atom. The lowest BCUT2D eigenvalue weighted by atomic mass is 10.2. The highest BCUT2D eigenvalue weighted by Gasteiger charge is 2.37. The molecule has 5 heteroatoms. The van der Waals surface area contributed by atoms with Crippen LogP contribution in [0.1, 0.15) is 12.0 Å². The zero-order valence-electron chi connectivity index (χ0n) is 11.7. The average molecular weight is 342 g/mol. The fourth-order valence-corrected chi connectivity index (χ4v) is 3.09. The molecule has 1 aromatic carbocycles. The first-order valence-corrected chi connectivity index (χ1v) is 7.88. The van der Waals surface area contributed by atoms with Gasteiger partial charge in [-0.2, -0.15) is 0 Å². The lowest BCUT2D eigenvalue weighted by Gasteiger charge is -2.32. The van der Waals surface area contributed by atoms with Gasteiger partial charge in [-0.15, -0.1) is 0 Å². The molecule has 20 heavy (non-hydrogen) atoms. The first-order chi connectivity index (χ1) is 9.75. The monoisotopic (exact) mass is 341 g/mol. The molecular formula is C15H20BrNO3. The Hall–Kier alpha value is -0.620. The highest BCUT2D eigenvalue weighted by atomic mass is 79.9. The number of morpholine rings is 1. The van der Waals surface area contributed by atoms with E-state index in [1.807, 2.05) is 18.2 Å². The van der Waals surface area contributed by atoms with Crippen LogP contribution in [0.15, 0.2) is 22.7 Å². The summed E-state index contributed by atoms with van der Waals surface area (Å²) in [6.45, 7) is 6.09. The standard InChI is InChI=1S/C15H20BrNO3/c1-11-13(16)4-2-5-14(11)19-7-3-6-17-12-8-18-10-15(17)20-9-12/h2,4-5,12,15H,3,6-10H2,1H3. The molecule has 0 radical (unpaired) electrons. The SMILES string of the molecule is Cc1c(Br)cccc1OCCCN1C2COCC1OC2. The fourth-order valence-electron chi connectivity index (χ4n) is 2.74. The van der Waals surface area contributed by atoms with Crippen molar-refractivity contribution >= 4 is 15.9 Å². The van der Waals surface area contributed by atoms with E-state index in [-0.39, 0.29) is 6.23 Å². The van der Waals surface area contributed by atoms with E-state index in [1.54, 1.807) is 0 Å². The molecule has 2 aliphatic rings. The number of ether oxygens (including phenoxy) is 3. The molecular weight excluding hydrogens is 322 g/mol. The molecule has 2 saturated heterocycles. The Kier molecular flexibility index (Phi) is 4.61. The van der Waals surface area contributed by atoms with Crippen LogP contribution in [0.3, 0.4) is 0 Å². The number of hydrogen-bond acceptors (Lipinski definition) is 4. The van der Waals surface area contributed by atoms with Gasteiger partial charge in [-0.05, 0) is 25.5 Å². The Balaban J connectivity index is 1.45. The molecule has 2 bridgehead atoms. The minimum absolute atomic E-state index is 0.154. The van der Waals surface area contributed by atoms with Crippen molar-refractivity contribution in [3.05, 3.63) is 28.2 Å². The predicted molar refractivity (Wildman–Crippen MR) is 80.0 cm³/mol. The maximum Gasteiger partial charge on any atom is 0.134 e. The molecule has 4 nitrogen and oxygen atoms in total. The van der Waals surface area contributed by atoms with Crippen molar-refractivity contribution in [1.82, 2.24) is 4.90 Å². The number of fused-ring (bicyclic) bond motifs is 2. The molecule has 2 aliphatic heterocycles. The quantitative estimate of drug-likeness (QED) is 0.770. The zero-order chi connectivity index (χ0) is 13.9.